The van der Waals surface area contributed by atoms with Crippen LogP contribution in [0.1, 0.15) is 52.7 Å². The Morgan fingerprint density at radius 2 is 1.50 bits per heavy atom. The van der Waals surface area contributed by atoms with E-state index in [9.17, 15) is 18.1 Å². The van der Waals surface area contributed by atoms with Crippen LogP contribution in [0.3, 0.4) is 0 Å². The predicted octanol–water partition coefficient (Wildman–Crippen LogP) is 3.97. The lowest BCUT2D eigenvalue weighted by Crippen LogP contribution is -2.18. The summed E-state index contributed by atoms with van der Waals surface area (Å²) >= 11 is 0. The van der Waals surface area contributed by atoms with Crippen LogP contribution in [0.2, 0.25) is 0 Å². The molecule has 0 bridgehead atoms. The van der Waals surface area contributed by atoms with E-state index in [0.717, 1.165) is 11.1 Å². The predicted molar refractivity (Wildman–Crippen MR) is 108 cm³/mol. The number of rotatable bonds is 2. The Balaban J connectivity index is 2.28. The molecule has 0 saturated heterocycles. The molecule has 8 heteroatoms. The summed E-state index contributed by atoms with van der Waals surface area (Å²) in [6.07, 6.45) is 0. The monoisotopic (exact) mass is 403 g/mol. The highest BCUT2D eigenvalue weighted by Gasteiger charge is 2.26. The molecule has 1 aromatic heterocycles. The van der Waals surface area contributed by atoms with Gasteiger partial charge < -0.3 is 5.11 Å². The molecule has 0 unspecified atom stereocenters. The van der Waals surface area contributed by atoms with Gasteiger partial charge in [0.05, 0.1) is 4.90 Å². The van der Waals surface area contributed by atoms with E-state index in [1.165, 1.54) is 23.0 Å². The fourth-order valence-electron chi connectivity index (χ4n) is 2.94. The van der Waals surface area contributed by atoms with Crippen LogP contribution in [0.5, 0.6) is 5.75 Å². The van der Waals surface area contributed by atoms with Crippen LogP contribution < -0.4 is 0 Å². The third-order valence-electron chi connectivity index (χ3n) is 4.63. The lowest BCUT2D eigenvalue weighted by molar-refractivity contribution is 0.438. The summed E-state index contributed by atoms with van der Waals surface area (Å²) in [6, 6.07) is 7.83. The molecule has 0 aliphatic carbocycles. The van der Waals surface area contributed by atoms with Gasteiger partial charge in [-0.15, -0.1) is 15.0 Å². The van der Waals surface area contributed by atoms with Gasteiger partial charge in [-0.25, -0.2) is 0 Å². The van der Waals surface area contributed by atoms with Crippen molar-refractivity contribution >= 4 is 21.2 Å². The summed E-state index contributed by atoms with van der Waals surface area (Å²) in [4.78, 5) is 1.05. The lowest BCUT2D eigenvalue weighted by atomic mass is 9.80. The number of phenolic OH excluding ortho intramolecular Hbond substituents is 1. The molecule has 28 heavy (non-hydrogen) atoms. The van der Waals surface area contributed by atoms with Gasteiger partial charge in [0, 0.05) is 5.56 Å². The molecular formula is C20H25N3O4S. The van der Waals surface area contributed by atoms with Crippen LogP contribution in [0.25, 0.3) is 16.7 Å². The normalized spacial score (nSPS) is 13.2. The van der Waals surface area contributed by atoms with Gasteiger partial charge in [-0.05, 0) is 40.7 Å². The number of aromatic nitrogens is 3. The van der Waals surface area contributed by atoms with E-state index in [-0.39, 0.29) is 21.5 Å². The summed E-state index contributed by atoms with van der Waals surface area (Å²) in [5.41, 5.74) is 2.50. The van der Waals surface area contributed by atoms with E-state index in [0.29, 0.717) is 16.7 Å². The standard InChI is InChI=1S/C20H25N3O4S/c1-19(2,3)12-9-14(20(4,5)6)18(24)17(10-12)23-21-15-8-7-13(28(25,26)27)11-16(15)22-23/h7-11,24H,1-6H3,(H,25,26,27). The van der Waals surface area contributed by atoms with Crippen LogP contribution in [-0.2, 0) is 20.9 Å². The number of hydrogen-bond donors (Lipinski definition) is 2. The van der Waals surface area contributed by atoms with Crippen LogP contribution in [0.15, 0.2) is 35.2 Å². The summed E-state index contributed by atoms with van der Waals surface area (Å²) in [6.45, 7) is 12.3. The van der Waals surface area contributed by atoms with Gasteiger partial charge in [0.1, 0.15) is 22.5 Å². The maximum absolute atomic E-state index is 11.4. The highest BCUT2D eigenvalue weighted by atomic mass is 32.2. The first kappa shape index (κ1) is 20.3. The minimum atomic E-state index is -4.34. The molecule has 0 aliphatic rings. The zero-order valence-electron chi connectivity index (χ0n) is 16.8. The third-order valence-corrected chi connectivity index (χ3v) is 5.48. The summed E-state index contributed by atoms with van der Waals surface area (Å²) < 4.78 is 32.0. The van der Waals surface area contributed by atoms with E-state index < -0.39 is 10.1 Å². The number of hydrogen-bond acceptors (Lipinski definition) is 5. The molecular weight excluding hydrogens is 378 g/mol. The Labute approximate surface area is 164 Å². The largest absolute Gasteiger partial charge is 0.505 e. The first-order valence-corrected chi connectivity index (χ1v) is 10.3. The van der Waals surface area contributed by atoms with Crippen molar-refractivity contribution in [3.8, 4) is 11.4 Å². The van der Waals surface area contributed by atoms with Crippen molar-refractivity contribution < 1.29 is 18.1 Å². The molecule has 2 N–H and O–H groups in total. The number of fused-ring (bicyclic) bond motifs is 1. The second-order valence-corrected chi connectivity index (χ2v) is 10.4. The van der Waals surface area contributed by atoms with Crippen molar-refractivity contribution in [3.63, 3.8) is 0 Å². The lowest BCUT2D eigenvalue weighted by Gasteiger charge is -2.27. The molecule has 1 heterocycles. The SMILES string of the molecule is CC(C)(C)c1cc(-n2nc3ccc(S(=O)(=O)O)cc3n2)c(O)c(C(C)(C)C)c1. The van der Waals surface area contributed by atoms with E-state index in [1.54, 1.807) is 0 Å². The molecule has 150 valence electrons. The molecule has 2 aromatic carbocycles. The van der Waals surface area contributed by atoms with E-state index in [2.05, 4.69) is 31.0 Å². The smallest absolute Gasteiger partial charge is 0.294 e. The molecule has 7 nitrogen and oxygen atoms in total. The Hall–Kier alpha value is -2.45. The second-order valence-electron chi connectivity index (χ2n) is 9.01. The van der Waals surface area contributed by atoms with E-state index >= 15 is 0 Å². The topological polar surface area (TPSA) is 105 Å². The highest BCUT2D eigenvalue weighted by molar-refractivity contribution is 7.85. The van der Waals surface area contributed by atoms with Crippen LogP contribution in [0, 0.1) is 0 Å². The maximum atomic E-state index is 11.4. The zero-order valence-corrected chi connectivity index (χ0v) is 17.7. The van der Waals surface area contributed by atoms with Gasteiger partial charge >= 0.3 is 0 Å². The quantitative estimate of drug-likeness (QED) is 0.627. The average Bonchev–Trinajstić information content (AvgIpc) is 2.94. The van der Waals surface area contributed by atoms with Gasteiger partial charge in [0.15, 0.2) is 0 Å². The minimum Gasteiger partial charge on any atom is -0.505 e. The second kappa shape index (κ2) is 6.28. The molecule has 3 rings (SSSR count). The van der Waals surface area contributed by atoms with Gasteiger partial charge in [0.2, 0.25) is 0 Å². The molecule has 3 aromatic rings. The van der Waals surface area contributed by atoms with Gasteiger partial charge in [-0.1, -0.05) is 47.6 Å². The highest BCUT2D eigenvalue weighted by Crippen LogP contribution is 2.39. The number of aromatic hydroxyl groups is 1. The number of benzene rings is 2. The molecule has 0 radical (unpaired) electrons. The van der Waals surface area contributed by atoms with Crippen molar-refractivity contribution in [2.75, 3.05) is 0 Å². The molecule has 0 saturated carbocycles. The Bertz CT molecular complexity index is 1170. The summed E-state index contributed by atoms with van der Waals surface area (Å²) in [5.74, 6) is 0.0795. The van der Waals surface area contributed by atoms with Crippen LogP contribution >= 0.6 is 0 Å². The fraction of sp³-hybridized carbons (Fsp3) is 0.400. The third kappa shape index (κ3) is 3.74. The average molecular weight is 404 g/mol. The van der Waals surface area contributed by atoms with Crippen LogP contribution in [-0.4, -0.2) is 33.1 Å². The Morgan fingerprint density at radius 3 is 2.04 bits per heavy atom. The minimum absolute atomic E-state index is 0.0795. The number of phenols is 1. The Morgan fingerprint density at radius 1 is 0.893 bits per heavy atom. The van der Waals surface area contributed by atoms with E-state index in [4.69, 9.17) is 0 Å². The first-order chi connectivity index (χ1) is 12.7. The van der Waals surface area contributed by atoms with Crippen molar-refractivity contribution in [1.29, 1.82) is 0 Å². The van der Waals surface area contributed by atoms with Crippen molar-refractivity contribution in [2.45, 2.75) is 57.3 Å². The molecule has 0 spiro atoms. The van der Waals surface area contributed by atoms with Crippen molar-refractivity contribution in [2.24, 2.45) is 0 Å². The summed E-state index contributed by atoms with van der Waals surface area (Å²) in [5, 5.41) is 19.7. The van der Waals surface area contributed by atoms with Gasteiger partial charge in [-0.2, -0.15) is 8.42 Å². The molecule has 0 aliphatic heterocycles. The van der Waals surface area contributed by atoms with E-state index in [1.807, 2.05) is 32.9 Å². The van der Waals surface area contributed by atoms with Crippen molar-refractivity contribution in [1.82, 2.24) is 15.0 Å². The van der Waals surface area contributed by atoms with Gasteiger partial charge in [-0.3, -0.25) is 4.55 Å². The zero-order chi connectivity index (χ0) is 21.1. The summed E-state index contributed by atoms with van der Waals surface area (Å²) in [7, 11) is -4.34. The van der Waals surface area contributed by atoms with Crippen LogP contribution in [0.4, 0.5) is 0 Å². The maximum Gasteiger partial charge on any atom is 0.294 e. The molecule has 0 atom stereocenters. The molecule has 0 amide bonds. The Kier molecular flexibility index (Phi) is 4.55. The first-order valence-electron chi connectivity index (χ1n) is 8.91. The van der Waals surface area contributed by atoms with Gasteiger partial charge in [0.25, 0.3) is 10.1 Å². The molecule has 0 fully saturated rings. The number of nitrogens with zero attached hydrogens (tertiary/aromatic N) is 3. The van der Waals surface area contributed by atoms with Crippen molar-refractivity contribution in [3.05, 3.63) is 41.5 Å². The fourth-order valence-corrected chi connectivity index (χ4v) is 3.44.